The van der Waals surface area contributed by atoms with Crippen LogP contribution < -0.4 is 0 Å². The molecule has 0 saturated heterocycles. The number of rotatable bonds is 1. The van der Waals surface area contributed by atoms with Crippen LogP contribution in [0.3, 0.4) is 0 Å². The molecule has 0 saturated carbocycles. The molecule has 2 aromatic heterocycles. The fourth-order valence-electron chi connectivity index (χ4n) is 2.17. The van der Waals surface area contributed by atoms with Crippen molar-refractivity contribution in [2.75, 3.05) is 0 Å². The highest BCUT2D eigenvalue weighted by Crippen LogP contribution is 2.35. The third-order valence-electron chi connectivity index (χ3n) is 3.22. The zero-order valence-electron chi connectivity index (χ0n) is 11.5. The first kappa shape index (κ1) is 16.2. The van der Waals surface area contributed by atoms with Crippen molar-refractivity contribution in [3.8, 4) is 11.3 Å². The Morgan fingerprint density at radius 2 is 1.58 bits per heavy atom. The monoisotopic (exact) mass is 349 g/mol. The molecule has 0 spiro atoms. The van der Waals surface area contributed by atoms with Gasteiger partial charge in [-0.2, -0.15) is 31.4 Å². The van der Waals surface area contributed by atoms with Gasteiger partial charge in [0.15, 0.2) is 11.3 Å². The van der Waals surface area contributed by atoms with E-state index in [9.17, 15) is 30.7 Å². The zero-order chi connectivity index (χ0) is 17.7. The van der Waals surface area contributed by atoms with E-state index in [0.717, 1.165) is 12.3 Å². The molecule has 0 bridgehead atoms. The Kier molecular flexibility index (Phi) is 3.50. The lowest BCUT2D eigenvalue weighted by atomic mass is 10.1. The maximum atomic E-state index is 13.6. The largest absolute Gasteiger partial charge is 0.433 e. The maximum absolute atomic E-state index is 13.6. The molecule has 0 radical (unpaired) electrons. The molecule has 3 aromatic rings. The minimum Gasteiger partial charge on any atom is -0.229 e. The molecule has 0 amide bonds. The van der Waals surface area contributed by atoms with Crippen LogP contribution in [0.1, 0.15) is 11.3 Å². The Bertz CT molecular complexity index is 909. The normalized spacial score (nSPS) is 12.8. The van der Waals surface area contributed by atoms with Crippen molar-refractivity contribution in [3.05, 3.63) is 53.6 Å². The molecule has 0 atom stereocenters. The number of fused-ring (bicyclic) bond motifs is 1. The second-order valence-electron chi connectivity index (χ2n) is 4.82. The lowest BCUT2D eigenvalue weighted by Crippen LogP contribution is -2.13. The molecule has 3 rings (SSSR count). The first-order chi connectivity index (χ1) is 11.1. The standard InChI is InChI=1S/C14H6F7N3/c15-9-5-7(1-2-8(9)13(16,17)18)10-6-11(14(19,20)21)24-12(23-10)3-4-22-24/h1-6H. The van der Waals surface area contributed by atoms with Crippen LogP contribution in [0, 0.1) is 5.82 Å². The maximum Gasteiger partial charge on any atom is 0.433 e. The quantitative estimate of drug-likeness (QED) is 0.603. The molecule has 0 aliphatic rings. The van der Waals surface area contributed by atoms with Crippen molar-refractivity contribution in [3.63, 3.8) is 0 Å². The predicted molar refractivity (Wildman–Crippen MR) is 68.4 cm³/mol. The summed E-state index contributed by atoms with van der Waals surface area (Å²) >= 11 is 0. The van der Waals surface area contributed by atoms with Crippen molar-refractivity contribution >= 4 is 5.65 Å². The van der Waals surface area contributed by atoms with E-state index in [2.05, 4.69) is 10.1 Å². The number of halogens is 7. The van der Waals surface area contributed by atoms with Crippen LogP contribution in [0.15, 0.2) is 36.5 Å². The van der Waals surface area contributed by atoms with Crippen LogP contribution in [-0.2, 0) is 12.4 Å². The highest BCUT2D eigenvalue weighted by atomic mass is 19.4. The summed E-state index contributed by atoms with van der Waals surface area (Å²) in [5, 5.41) is 3.50. The minimum atomic E-state index is -4.90. The van der Waals surface area contributed by atoms with Crippen molar-refractivity contribution in [1.29, 1.82) is 0 Å². The number of nitrogens with zero attached hydrogens (tertiary/aromatic N) is 3. The highest BCUT2D eigenvalue weighted by molar-refractivity contribution is 5.63. The summed E-state index contributed by atoms with van der Waals surface area (Å²) in [5.74, 6) is -1.59. The second kappa shape index (κ2) is 5.18. The van der Waals surface area contributed by atoms with E-state index in [1.165, 1.54) is 6.07 Å². The summed E-state index contributed by atoms with van der Waals surface area (Å²) in [4.78, 5) is 3.87. The number of aromatic nitrogens is 3. The fraction of sp³-hybridized carbons (Fsp3) is 0.143. The van der Waals surface area contributed by atoms with Crippen molar-refractivity contribution in [2.24, 2.45) is 0 Å². The highest BCUT2D eigenvalue weighted by Gasteiger charge is 2.36. The SMILES string of the molecule is Fc1cc(-c2cc(C(F)(F)F)n3nccc3n2)ccc1C(F)(F)F. The molecule has 0 aliphatic heterocycles. The van der Waals surface area contributed by atoms with Crippen LogP contribution >= 0.6 is 0 Å². The number of hydrogen-bond donors (Lipinski definition) is 0. The summed E-state index contributed by atoms with van der Waals surface area (Å²) in [6.45, 7) is 0. The van der Waals surface area contributed by atoms with Gasteiger partial charge < -0.3 is 0 Å². The van der Waals surface area contributed by atoms with E-state index < -0.39 is 29.4 Å². The third-order valence-corrected chi connectivity index (χ3v) is 3.22. The predicted octanol–water partition coefficient (Wildman–Crippen LogP) is 4.57. The van der Waals surface area contributed by atoms with Crippen LogP contribution in [0.25, 0.3) is 16.9 Å². The van der Waals surface area contributed by atoms with Gasteiger partial charge in [-0.05, 0) is 18.2 Å². The number of hydrogen-bond acceptors (Lipinski definition) is 2. The van der Waals surface area contributed by atoms with Crippen LogP contribution in [0.2, 0.25) is 0 Å². The first-order valence-corrected chi connectivity index (χ1v) is 6.36. The van der Waals surface area contributed by atoms with Crippen molar-refractivity contribution in [2.45, 2.75) is 12.4 Å². The second-order valence-corrected chi connectivity index (χ2v) is 4.82. The molecule has 3 nitrogen and oxygen atoms in total. The Morgan fingerprint density at radius 1 is 0.875 bits per heavy atom. The van der Waals surface area contributed by atoms with Crippen LogP contribution in [0.5, 0.6) is 0 Å². The van der Waals surface area contributed by atoms with E-state index >= 15 is 0 Å². The molecule has 126 valence electrons. The van der Waals surface area contributed by atoms with E-state index in [-0.39, 0.29) is 16.9 Å². The van der Waals surface area contributed by atoms with Crippen molar-refractivity contribution in [1.82, 2.24) is 14.6 Å². The molecule has 0 fully saturated rings. The average molecular weight is 349 g/mol. The minimum absolute atomic E-state index is 0.167. The van der Waals surface area contributed by atoms with Gasteiger partial charge in [0.25, 0.3) is 0 Å². The van der Waals surface area contributed by atoms with E-state index in [1.807, 2.05) is 0 Å². The van der Waals surface area contributed by atoms with Gasteiger partial charge in [-0.25, -0.2) is 13.9 Å². The van der Waals surface area contributed by atoms with Gasteiger partial charge in [-0.3, -0.25) is 0 Å². The molecule has 24 heavy (non-hydrogen) atoms. The summed E-state index contributed by atoms with van der Waals surface area (Å²) in [7, 11) is 0. The number of alkyl halides is 6. The van der Waals surface area contributed by atoms with Gasteiger partial charge in [0.2, 0.25) is 0 Å². The molecule has 0 N–H and O–H groups in total. The lowest BCUT2D eigenvalue weighted by molar-refractivity contribution is -0.142. The lowest BCUT2D eigenvalue weighted by Gasteiger charge is -2.12. The molecule has 0 aliphatic carbocycles. The molecule has 0 unspecified atom stereocenters. The van der Waals surface area contributed by atoms with Crippen molar-refractivity contribution < 1.29 is 30.7 Å². The molecular weight excluding hydrogens is 343 g/mol. The van der Waals surface area contributed by atoms with Gasteiger partial charge in [0, 0.05) is 11.6 Å². The van der Waals surface area contributed by atoms with Gasteiger partial charge in [-0.1, -0.05) is 6.07 Å². The molecule has 10 heteroatoms. The Morgan fingerprint density at radius 3 is 2.17 bits per heavy atom. The Labute approximate surface area is 129 Å². The molecule has 1 aromatic carbocycles. The summed E-state index contributed by atoms with van der Waals surface area (Å²) in [6.07, 6.45) is -8.58. The topological polar surface area (TPSA) is 30.2 Å². The van der Waals surface area contributed by atoms with Gasteiger partial charge in [0.05, 0.1) is 17.5 Å². The first-order valence-electron chi connectivity index (χ1n) is 6.36. The average Bonchev–Trinajstić information content (AvgIpc) is 2.91. The number of benzene rings is 1. The zero-order valence-corrected chi connectivity index (χ0v) is 11.5. The van der Waals surface area contributed by atoms with E-state index in [0.29, 0.717) is 22.7 Å². The van der Waals surface area contributed by atoms with Crippen LogP contribution in [-0.4, -0.2) is 14.6 Å². The summed E-state index contributed by atoms with van der Waals surface area (Å²) in [5.41, 5.74) is -3.38. The summed E-state index contributed by atoms with van der Waals surface area (Å²) < 4.78 is 91.1. The van der Waals surface area contributed by atoms with Gasteiger partial charge in [-0.15, -0.1) is 0 Å². The van der Waals surface area contributed by atoms with Gasteiger partial charge in [0.1, 0.15) is 5.82 Å². The fourth-order valence-corrected chi connectivity index (χ4v) is 2.17. The smallest absolute Gasteiger partial charge is 0.229 e. The molecule has 2 heterocycles. The van der Waals surface area contributed by atoms with Crippen LogP contribution in [0.4, 0.5) is 30.7 Å². The summed E-state index contributed by atoms with van der Waals surface area (Å²) in [6, 6.07) is 3.61. The van der Waals surface area contributed by atoms with E-state index in [1.54, 1.807) is 0 Å². The van der Waals surface area contributed by atoms with E-state index in [4.69, 9.17) is 0 Å². The third kappa shape index (κ3) is 2.79. The molecular formula is C14H6F7N3. The Balaban J connectivity index is 2.18. The van der Waals surface area contributed by atoms with Gasteiger partial charge >= 0.3 is 12.4 Å². The Hall–Kier alpha value is -2.65.